The summed E-state index contributed by atoms with van der Waals surface area (Å²) in [7, 11) is 5.56. The molecule has 1 amide bonds. The Bertz CT molecular complexity index is 921. The average molecular weight is 423 g/mol. The van der Waals surface area contributed by atoms with E-state index in [0.717, 1.165) is 54.9 Å². The minimum Gasteiger partial charge on any atom is -0.497 e. The van der Waals surface area contributed by atoms with E-state index < -0.39 is 5.41 Å². The SMILES string of the molecule is COc1ccc(C2C(CNC(=O)C3(c4ccc(C)c(OC)c4)CC3)CCCN2C)cc1. The summed E-state index contributed by atoms with van der Waals surface area (Å²) < 4.78 is 10.8. The van der Waals surface area contributed by atoms with Gasteiger partial charge in [-0.25, -0.2) is 0 Å². The molecular weight excluding hydrogens is 388 g/mol. The van der Waals surface area contributed by atoms with Gasteiger partial charge in [0.1, 0.15) is 11.5 Å². The number of likely N-dealkylation sites (tertiary alicyclic amines) is 1. The highest BCUT2D eigenvalue weighted by Gasteiger charge is 2.51. The number of ether oxygens (including phenoxy) is 2. The molecule has 0 spiro atoms. The third-order valence-electron chi connectivity index (χ3n) is 7.13. The molecule has 5 nitrogen and oxygen atoms in total. The van der Waals surface area contributed by atoms with E-state index in [-0.39, 0.29) is 5.91 Å². The number of hydrogen-bond donors (Lipinski definition) is 1. The average Bonchev–Trinajstić information content (AvgIpc) is 3.60. The van der Waals surface area contributed by atoms with Crippen LogP contribution in [-0.2, 0) is 10.2 Å². The van der Waals surface area contributed by atoms with Crippen molar-refractivity contribution in [3.63, 3.8) is 0 Å². The van der Waals surface area contributed by atoms with Crippen molar-refractivity contribution in [2.24, 2.45) is 5.92 Å². The zero-order valence-electron chi connectivity index (χ0n) is 19.1. The maximum absolute atomic E-state index is 13.3. The number of nitrogens with one attached hydrogen (secondary N) is 1. The van der Waals surface area contributed by atoms with Gasteiger partial charge >= 0.3 is 0 Å². The molecule has 1 aliphatic carbocycles. The third-order valence-corrected chi connectivity index (χ3v) is 7.13. The monoisotopic (exact) mass is 422 g/mol. The molecule has 31 heavy (non-hydrogen) atoms. The van der Waals surface area contributed by atoms with Crippen LogP contribution >= 0.6 is 0 Å². The standard InChI is InChI=1S/C26H34N2O3/c1-18-7-10-21(16-23(18)31-4)26(13-14-26)25(29)27-17-20-6-5-15-28(2)24(20)19-8-11-22(30-3)12-9-19/h7-12,16,20,24H,5-6,13-15,17H2,1-4H3,(H,27,29). The molecule has 5 heteroatoms. The molecule has 0 radical (unpaired) electrons. The van der Waals surface area contributed by atoms with Crippen LogP contribution in [0.25, 0.3) is 0 Å². The molecule has 1 aliphatic heterocycles. The summed E-state index contributed by atoms with van der Waals surface area (Å²) in [6, 6.07) is 14.8. The summed E-state index contributed by atoms with van der Waals surface area (Å²) in [5.41, 5.74) is 3.05. The highest BCUT2D eigenvalue weighted by atomic mass is 16.5. The van der Waals surface area contributed by atoms with Crippen molar-refractivity contribution < 1.29 is 14.3 Å². The number of aryl methyl sites for hydroxylation is 1. The van der Waals surface area contributed by atoms with Gasteiger partial charge in [0.25, 0.3) is 0 Å². The summed E-state index contributed by atoms with van der Waals surface area (Å²) in [6.45, 7) is 3.81. The Labute approximate surface area is 185 Å². The molecule has 4 rings (SSSR count). The van der Waals surface area contributed by atoms with E-state index in [1.165, 1.54) is 5.56 Å². The first-order valence-corrected chi connectivity index (χ1v) is 11.3. The molecule has 2 aliphatic rings. The molecule has 2 aromatic rings. The molecule has 1 saturated carbocycles. The van der Waals surface area contributed by atoms with Gasteiger partial charge in [-0.2, -0.15) is 0 Å². The van der Waals surface area contributed by atoms with Gasteiger partial charge in [-0.05, 0) is 87.0 Å². The highest BCUT2D eigenvalue weighted by Crippen LogP contribution is 2.49. The van der Waals surface area contributed by atoms with E-state index in [9.17, 15) is 4.79 Å². The normalized spacial score (nSPS) is 22.6. The maximum atomic E-state index is 13.3. The quantitative estimate of drug-likeness (QED) is 0.725. The fraction of sp³-hybridized carbons (Fsp3) is 0.500. The smallest absolute Gasteiger partial charge is 0.230 e. The van der Waals surface area contributed by atoms with E-state index in [1.807, 2.05) is 25.1 Å². The second-order valence-electron chi connectivity index (χ2n) is 9.08. The van der Waals surface area contributed by atoms with Crippen LogP contribution in [-0.4, -0.2) is 45.2 Å². The predicted molar refractivity (Wildman–Crippen MR) is 123 cm³/mol. The lowest BCUT2D eigenvalue weighted by atomic mass is 9.84. The van der Waals surface area contributed by atoms with Crippen molar-refractivity contribution in [2.45, 2.75) is 44.1 Å². The van der Waals surface area contributed by atoms with Crippen molar-refractivity contribution in [3.05, 3.63) is 59.2 Å². The summed E-state index contributed by atoms with van der Waals surface area (Å²) in [4.78, 5) is 15.7. The van der Waals surface area contributed by atoms with Crippen LogP contribution in [0.2, 0.25) is 0 Å². The Morgan fingerprint density at radius 2 is 1.87 bits per heavy atom. The molecule has 2 unspecified atom stereocenters. The molecule has 2 fully saturated rings. The van der Waals surface area contributed by atoms with Crippen LogP contribution in [0.3, 0.4) is 0 Å². The summed E-state index contributed by atoms with van der Waals surface area (Å²) in [5.74, 6) is 2.26. The first-order chi connectivity index (χ1) is 15.0. The molecule has 1 saturated heterocycles. The summed E-state index contributed by atoms with van der Waals surface area (Å²) in [6.07, 6.45) is 4.08. The lowest BCUT2D eigenvalue weighted by Gasteiger charge is -2.40. The van der Waals surface area contributed by atoms with Gasteiger partial charge in [0, 0.05) is 12.6 Å². The fourth-order valence-corrected chi connectivity index (χ4v) is 5.08. The molecule has 2 aromatic carbocycles. The van der Waals surface area contributed by atoms with E-state index in [1.54, 1.807) is 14.2 Å². The van der Waals surface area contributed by atoms with Gasteiger partial charge in [-0.3, -0.25) is 9.69 Å². The number of piperidine rings is 1. The van der Waals surface area contributed by atoms with Gasteiger partial charge in [-0.1, -0.05) is 24.3 Å². The topological polar surface area (TPSA) is 50.8 Å². The Balaban J connectivity index is 1.47. The highest BCUT2D eigenvalue weighted by molar-refractivity contribution is 5.91. The van der Waals surface area contributed by atoms with Crippen molar-refractivity contribution in [3.8, 4) is 11.5 Å². The van der Waals surface area contributed by atoms with Crippen molar-refractivity contribution >= 4 is 5.91 Å². The largest absolute Gasteiger partial charge is 0.497 e. The minimum atomic E-state index is -0.392. The Morgan fingerprint density at radius 1 is 1.13 bits per heavy atom. The molecule has 0 bridgehead atoms. The summed E-state index contributed by atoms with van der Waals surface area (Å²) >= 11 is 0. The number of carbonyl (C=O) groups excluding carboxylic acids is 1. The van der Waals surface area contributed by atoms with Crippen molar-refractivity contribution in [2.75, 3.05) is 34.4 Å². The van der Waals surface area contributed by atoms with E-state index in [4.69, 9.17) is 9.47 Å². The van der Waals surface area contributed by atoms with Gasteiger partial charge in [0.05, 0.1) is 19.6 Å². The van der Waals surface area contributed by atoms with E-state index in [0.29, 0.717) is 18.5 Å². The van der Waals surface area contributed by atoms with E-state index in [2.05, 4.69) is 41.5 Å². The number of nitrogens with zero attached hydrogens (tertiary/aromatic N) is 1. The number of rotatable bonds is 7. The zero-order valence-corrected chi connectivity index (χ0v) is 19.1. The molecule has 0 aromatic heterocycles. The number of methoxy groups -OCH3 is 2. The number of amides is 1. The Morgan fingerprint density at radius 3 is 2.52 bits per heavy atom. The summed E-state index contributed by atoms with van der Waals surface area (Å²) in [5, 5.41) is 3.32. The van der Waals surface area contributed by atoms with Crippen molar-refractivity contribution in [1.82, 2.24) is 10.2 Å². The van der Waals surface area contributed by atoms with Gasteiger partial charge < -0.3 is 14.8 Å². The first kappa shape index (κ1) is 21.7. The van der Waals surface area contributed by atoms with Crippen LogP contribution < -0.4 is 14.8 Å². The Hall–Kier alpha value is -2.53. The maximum Gasteiger partial charge on any atom is 0.230 e. The predicted octanol–water partition coefficient (Wildman–Crippen LogP) is 4.24. The van der Waals surface area contributed by atoms with Crippen LogP contribution in [0.4, 0.5) is 0 Å². The fourth-order valence-electron chi connectivity index (χ4n) is 5.08. The van der Waals surface area contributed by atoms with Crippen LogP contribution in [0.15, 0.2) is 42.5 Å². The lowest BCUT2D eigenvalue weighted by Crippen LogP contribution is -2.44. The lowest BCUT2D eigenvalue weighted by molar-refractivity contribution is -0.124. The number of hydrogen-bond acceptors (Lipinski definition) is 4. The second-order valence-corrected chi connectivity index (χ2v) is 9.08. The third kappa shape index (κ3) is 4.29. The van der Waals surface area contributed by atoms with Gasteiger partial charge in [0.15, 0.2) is 0 Å². The molecular formula is C26H34N2O3. The Kier molecular flexibility index (Phi) is 6.24. The molecule has 1 heterocycles. The van der Waals surface area contributed by atoms with Crippen LogP contribution in [0.5, 0.6) is 11.5 Å². The first-order valence-electron chi connectivity index (χ1n) is 11.3. The molecule has 166 valence electrons. The van der Waals surface area contributed by atoms with Crippen LogP contribution in [0.1, 0.15) is 48.4 Å². The number of benzene rings is 2. The number of carbonyl (C=O) groups is 1. The van der Waals surface area contributed by atoms with Crippen molar-refractivity contribution in [1.29, 1.82) is 0 Å². The second kappa shape index (κ2) is 8.91. The zero-order chi connectivity index (χ0) is 22.0. The van der Waals surface area contributed by atoms with E-state index >= 15 is 0 Å². The van der Waals surface area contributed by atoms with Gasteiger partial charge in [0.2, 0.25) is 5.91 Å². The molecule has 2 atom stereocenters. The van der Waals surface area contributed by atoms with Gasteiger partial charge in [-0.15, -0.1) is 0 Å². The van der Waals surface area contributed by atoms with Crippen LogP contribution in [0, 0.1) is 12.8 Å². The molecule has 1 N–H and O–H groups in total. The minimum absolute atomic E-state index is 0.153.